The molecule has 1 aliphatic heterocycles. The number of rotatable bonds is 5. The second kappa shape index (κ2) is 9.58. The van der Waals surface area contributed by atoms with Gasteiger partial charge in [0.05, 0.1) is 13.1 Å². The van der Waals surface area contributed by atoms with Crippen molar-refractivity contribution in [1.29, 1.82) is 0 Å². The molecule has 2 amide bonds. The van der Waals surface area contributed by atoms with Gasteiger partial charge in [-0.1, -0.05) is 54.6 Å². The molecule has 0 fully saturated rings. The van der Waals surface area contributed by atoms with Crippen LogP contribution in [0.25, 0.3) is 6.08 Å². The van der Waals surface area contributed by atoms with E-state index in [2.05, 4.69) is 10.3 Å². The predicted octanol–water partition coefficient (Wildman–Crippen LogP) is 4.42. The van der Waals surface area contributed by atoms with Crippen LogP contribution in [0.3, 0.4) is 0 Å². The van der Waals surface area contributed by atoms with E-state index in [1.54, 1.807) is 23.4 Å². The minimum absolute atomic E-state index is 0.103. The molecule has 0 spiro atoms. The average molecular weight is 449 g/mol. The number of anilines is 1. The summed E-state index contributed by atoms with van der Waals surface area (Å²) in [4.78, 5) is 32.1. The van der Waals surface area contributed by atoms with Crippen molar-refractivity contribution >= 4 is 23.6 Å². The highest BCUT2D eigenvalue weighted by molar-refractivity contribution is 6.04. The molecule has 0 atom stereocenters. The summed E-state index contributed by atoms with van der Waals surface area (Å²) in [7, 11) is 0. The summed E-state index contributed by atoms with van der Waals surface area (Å²) in [5.74, 6) is -0.259. The zero-order chi connectivity index (χ0) is 23.3. The van der Waals surface area contributed by atoms with Gasteiger partial charge in [0.1, 0.15) is 5.69 Å². The maximum Gasteiger partial charge on any atom is 0.268 e. The quantitative estimate of drug-likeness (QED) is 0.460. The molecule has 6 nitrogen and oxygen atoms in total. The van der Waals surface area contributed by atoms with Gasteiger partial charge < -0.3 is 14.8 Å². The fourth-order valence-electron chi connectivity index (χ4n) is 4.15. The molecule has 0 saturated heterocycles. The van der Waals surface area contributed by atoms with Crippen LogP contribution in [0.15, 0.2) is 97.3 Å². The summed E-state index contributed by atoms with van der Waals surface area (Å²) in [5, 5.41) is 2.98. The lowest BCUT2D eigenvalue weighted by Gasteiger charge is -2.21. The highest BCUT2D eigenvalue weighted by atomic mass is 16.2. The van der Waals surface area contributed by atoms with E-state index >= 15 is 0 Å². The van der Waals surface area contributed by atoms with Crippen molar-refractivity contribution in [2.75, 3.05) is 4.90 Å². The highest BCUT2D eigenvalue weighted by Crippen LogP contribution is 2.29. The number of hydrogen-bond donors (Lipinski definition) is 1. The molecule has 2 aromatic carbocycles. The van der Waals surface area contributed by atoms with Crippen molar-refractivity contribution in [2.45, 2.75) is 19.6 Å². The molecule has 0 aliphatic carbocycles. The topological polar surface area (TPSA) is 67.2 Å². The monoisotopic (exact) mass is 448 g/mol. The zero-order valence-corrected chi connectivity index (χ0v) is 18.6. The molecule has 0 unspecified atom stereocenters. The van der Waals surface area contributed by atoms with Crippen molar-refractivity contribution in [3.05, 3.63) is 125 Å². The van der Waals surface area contributed by atoms with Crippen LogP contribution in [0.1, 0.15) is 32.9 Å². The van der Waals surface area contributed by atoms with E-state index in [9.17, 15) is 9.59 Å². The molecular weight excluding hydrogens is 424 g/mol. The summed E-state index contributed by atoms with van der Waals surface area (Å²) in [6, 6.07) is 25.1. The summed E-state index contributed by atoms with van der Waals surface area (Å²) >= 11 is 0. The molecule has 168 valence electrons. The number of fused-ring (bicyclic) bond motifs is 2. The minimum Gasteiger partial charge on any atom is -0.347 e. The SMILES string of the molecule is O=C(NCc1cccnc1)c1ccc2n1Cc1ccccc1N(C(=O)C=Cc1ccccc1)C2. The lowest BCUT2D eigenvalue weighted by Crippen LogP contribution is -2.29. The number of pyridine rings is 1. The number of amides is 2. The fraction of sp³-hybridized carbons (Fsp3) is 0.107. The van der Waals surface area contributed by atoms with Crippen molar-refractivity contribution in [2.24, 2.45) is 0 Å². The summed E-state index contributed by atoms with van der Waals surface area (Å²) in [6.45, 7) is 1.30. The van der Waals surface area contributed by atoms with Crippen molar-refractivity contribution in [1.82, 2.24) is 14.9 Å². The van der Waals surface area contributed by atoms with Gasteiger partial charge in [0.2, 0.25) is 0 Å². The number of benzene rings is 2. The zero-order valence-electron chi connectivity index (χ0n) is 18.6. The second-order valence-corrected chi connectivity index (χ2v) is 8.14. The van der Waals surface area contributed by atoms with E-state index in [0.717, 1.165) is 28.1 Å². The van der Waals surface area contributed by atoms with Crippen LogP contribution in [-0.2, 0) is 24.4 Å². The van der Waals surface area contributed by atoms with Gasteiger partial charge in [-0.3, -0.25) is 14.6 Å². The Morgan fingerprint density at radius 1 is 0.912 bits per heavy atom. The Morgan fingerprint density at radius 3 is 2.56 bits per heavy atom. The first-order chi connectivity index (χ1) is 16.7. The number of aromatic nitrogens is 2. The number of para-hydroxylation sites is 1. The lowest BCUT2D eigenvalue weighted by molar-refractivity contribution is -0.114. The molecule has 34 heavy (non-hydrogen) atoms. The number of carbonyl (C=O) groups excluding carboxylic acids is 2. The van der Waals surface area contributed by atoms with E-state index in [-0.39, 0.29) is 11.8 Å². The minimum atomic E-state index is -0.156. The van der Waals surface area contributed by atoms with Gasteiger partial charge >= 0.3 is 0 Å². The first-order valence-corrected chi connectivity index (χ1v) is 11.2. The normalized spacial score (nSPS) is 12.6. The number of nitrogens with zero attached hydrogens (tertiary/aromatic N) is 3. The predicted molar refractivity (Wildman–Crippen MR) is 132 cm³/mol. The number of hydrogen-bond acceptors (Lipinski definition) is 3. The molecule has 2 aromatic heterocycles. The first-order valence-electron chi connectivity index (χ1n) is 11.2. The van der Waals surface area contributed by atoms with E-state index in [1.807, 2.05) is 89.5 Å². The Labute approximate surface area is 198 Å². The maximum atomic E-state index is 13.2. The van der Waals surface area contributed by atoms with Gasteiger partial charge in [-0.25, -0.2) is 0 Å². The van der Waals surface area contributed by atoms with Crippen LogP contribution < -0.4 is 10.2 Å². The molecule has 1 N–H and O–H groups in total. The molecule has 4 aromatic rings. The van der Waals surface area contributed by atoms with E-state index in [4.69, 9.17) is 0 Å². The van der Waals surface area contributed by atoms with Gasteiger partial charge in [0.15, 0.2) is 0 Å². The summed E-state index contributed by atoms with van der Waals surface area (Å²) < 4.78 is 1.99. The van der Waals surface area contributed by atoms with Crippen molar-refractivity contribution < 1.29 is 9.59 Å². The molecule has 3 heterocycles. The Morgan fingerprint density at radius 2 is 1.74 bits per heavy atom. The average Bonchev–Trinajstić information content (AvgIpc) is 3.20. The molecule has 0 saturated carbocycles. The third-order valence-electron chi connectivity index (χ3n) is 5.89. The van der Waals surface area contributed by atoms with Gasteiger partial charge in [-0.05, 0) is 47.0 Å². The molecular formula is C28H24N4O2. The van der Waals surface area contributed by atoms with Crippen LogP contribution in [0.5, 0.6) is 0 Å². The van der Waals surface area contributed by atoms with Crippen LogP contribution in [0.4, 0.5) is 5.69 Å². The Hall–Kier alpha value is -4.45. The number of carbonyl (C=O) groups is 2. The first kappa shape index (κ1) is 21.4. The molecule has 6 heteroatoms. The van der Waals surface area contributed by atoms with E-state index in [1.165, 1.54) is 0 Å². The Bertz CT molecular complexity index is 1340. The fourth-order valence-corrected chi connectivity index (χ4v) is 4.15. The van der Waals surface area contributed by atoms with Crippen molar-refractivity contribution in [3.63, 3.8) is 0 Å². The number of nitrogens with one attached hydrogen (secondary N) is 1. The Balaban J connectivity index is 1.41. The summed E-state index contributed by atoms with van der Waals surface area (Å²) in [6.07, 6.45) is 6.87. The summed E-state index contributed by atoms with van der Waals surface area (Å²) in [5.41, 5.74) is 5.23. The van der Waals surface area contributed by atoms with E-state index in [0.29, 0.717) is 25.3 Å². The third-order valence-corrected chi connectivity index (χ3v) is 5.89. The van der Waals surface area contributed by atoms with Gasteiger partial charge in [0, 0.05) is 36.4 Å². The van der Waals surface area contributed by atoms with Gasteiger partial charge in [-0.15, -0.1) is 0 Å². The lowest BCUT2D eigenvalue weighted by atomic mass is 10.1. The van der Waals surface area contributed by atoms with Gasteiger partial charge in [0.25, 0.3) is 11.8 Å². The van der Waals surface area contributed by atoms with Crippen molar-refractivity contribution in [3.8, 4) is 0 Å². The van der Waals surface area contributed by atoms with Crippen LogP contribution in [-0.4, -0.2) is 21.4 Å². The third kappa shape index (κ3) is 4.52. The van der Waals surface area contributed by atoms with E-state index < -0.39 is 0 Å². The van der Waals surface area contributed by atoms with Crippen LogP contribution in [0.2, 0.25) is 0 Å². The smallest absolute Gasteiger partial charge is 0.268 e. The second-order valence-electron chi connectivity index (χ2n) is 8.14. The molecule has 1 aliphatic rings. The van der Waals surface area contributed by atoms with Crippen LogP contribution >= 0.6 is 0 Å². The maximum absolute atomic E-state index is 13.2. The van der Waals surface area contributed by atoms with Gasteiger partial charge in [-0.2, -0.15) is 0 Å². The molecule has 0 radical (unpaired) electrons. The molecule has 5 rings (SSSR count). The standard InChI is InChI=1S/C28H24N4O2/c33-27(15-12-21-7-2-1-3-8-21)32-20-24-13-14-26(28(34)30-18-22-9-6-16-29-17-22)31(24)19-23-10-4-5-11-25(23)32/h1-17H,18-20H2,(H,30,34). The molecule has 0 bridgehead atoms. The Kier molecular flexibility index (Phi) is 6.03. The van der Waals surface area contributed by atoms with Crippen LogP contribution in [0, 0.1) is 0 Å². The largest absolute Gasteiger partial charge is 0.347 e. The highest BCUT2D eigenvalue weighted by Gasteiger charge is 2.25.